The molecule has 1 fully saturated rings. The van der Waals surface area contributed by atoms with Gasteiger partial charge in [-0.05, 0) is 80.7 Å². The van der Waals surface area contributed by atoms with Crippen LogP contribution in [0, 0.1) is 23.7 Å². The fourth-order valence-corrected chi connectivity index (χ4v) is 7.00. The van der Waals surface area contributed by atoms with Gasteiger partial charge in [0.15, 0.2) is 0 Å². The molecular weight excluding hydrogens is 741 g/mol. The zero-order valence-electron chi connectivity index (χ0n) is 35.2. The van der Waals surface area contributed by atoms with Gasteiger partial charge in [-0.2, -0.15) is 11.8 Å². The SMILES string of the molecule is CC[C@H](C)[C@H](NC(=O)[C@H](CC(C)C)NC(=O)[C@@H]1CCCN1C(=O)[C@@H](NC(=O)[C@H](CCSC)NC(=O)[C@@H](NC(=O)[C@@H](N)CCCCN)[C@@H](C)CC)C(C)C)C(=O)O. The number of carboxylic acids is 1. The van der Waals surface area contributed by atoms with Crippen LogP contribution in [0.4, 0.5) is 0 Å². The second-order valence-electron chi connectivity index (χ2n) is 15.9. The van der Waals surface area contributed by atoms with Gasteiger partial charge in [0.2, 0.25) is 35.4 Å². The van der Waals surface area contributed by atoms with E-state index in [1.54, 1.807) is 20.8 Å². The Balaban J connectivity index is 3.22. The third-order valence-electron chi connectivity index (χ3n) is 10.5. The second kappa shape index (κ2) is 25.7. The van der Waals surface area contributed by atoms with Crippen LogP contribution in [0.5, 0.6) is 0 Å². The van der Waals surface area contributed by atoms with Gasteiger partial charge in [-0.1, -0.05) is 74.7 Å². The predicted octanol–water partition coefficient (Wildman–Crippen LogP) is 1.49. The molecule has 1 rings (SSSR count). The van der Waals surface area contributed by atoms with Crippen LogP contribution in [0.3, 0.4) is 0 Å². The Morgan fingerprint density at radius 1 is 0.750 bits per heavy atom. The van der Waals surface area contributed by atoms with E-state index >= 15 is 0 Å². The lowest BCUT2D eigenvalue weighted by Crippen LogP contribution is -2.61. The maximum absolute atomic E-state index is 14.2. The molecule has 1 saturated heterocycles. The van der Waals surface area contributed by atoms with E-state index in [0.29, 0.717) is 50.8 Å². The van der Waals surface area contributed by atoms with Crippen LogP contribution in [0.15, 0.2) is 0 Å². The van der Waals surface area contributed by atoms with E-state index in [2.05, 4.69) is 26.6 Å². The van der Waals surface area contributed by atoms with Crippen molar-refractivity contribution < 1.29 is 38.7 Å². The molecule has 0 bridgehead atoms. The first-order valence-corrected chi connectivity index (χ1v) is 21.7. The average molecular weight is 813 g/mol. The molecule has 0 aromatic rings. The quantitative estimate of drug-likeness (QED) is 0.0581. The van der Waals surface area contributed by atoms with E-state index in [0.717, 1.165) is 6.42 Å². The highest BCUT2D eigenvalue weighted by molar-refractivity contribution is 7.98. The molecule has 1 aliphatic heterocycles. The summed E-state index contributed by atoms with van der Waals surface area (Å²) in [6.07, 6.45) is 6.14. The molecule has 56 heavy (non-hydrogen) atoms. The minimum absolute atomic E-state index is 0.0138. The summed E-state index contributed by atoms with van der Waals surface area (Å²) in [6.45, 7) is 15.3. The van der Waals surface area contributed by atoms with Crippen LogP contribution in [-0.2, 0) is 33.6 Å². The minimum Gasteiger partial charge on any atom is -0.480 e. The van der Waals surface area contributed by atoms with Crippen molar-refractivity contribution in [2.24, 2.45) is 35.1 Å². The van der Waals surface area contributed by atoms with E-state index in [9.17, 15) is 38.7 Å². The average Bonchev–Trinajstić information content (AvgIpc) is 3.65. The molecule has 17 heteroatoms. The van der Waals surface area contributed by atoms with Crippen LogP contribution >= 0.6 is 11.8 Å². The highest BCUT2D eigenvalue weighted by Gasteiger charge is 2.41. The Bertz CT molecular complexity index is 1300. The first-order chi connectivity index (χ1) is 26.3. The number of rotatable bonds is 26. The number of nitrogens with one attached hydrogen (secondary N) is 5. The van der Waals surface area contributed by atoms with Crippen LogP contribution in [0.25, 0.3) is 0 Å². The number of nitrogens with zero attached hydrogens (tertiary/aromatic N) is 1. The number of likely N-dealkylation sites (tertiary alicyclic amines) is 1. The number of amides is 6. The Kier molecular flexibility index (Phi) is 23.2. The van der Waals surface area contributed by atoms with Gasteiger partial charge in [0.1, 0.15) is 36.3 Å². The molecular formula is C39H72N8O8S. The molecule has 6 amide bonds. The smallest absolute Gasteiger partial charge is 0.326 e. The first kappa shape index (κ1) is 50.6. The number of thioether (sulfide) groups is 1. The molecule has 0 aliphatic carbocycles. The van der Waals surface area contributed by atoms with Gasteiger partial charge in [-0.3, -0.25) is 28.8 Å². The van der Waals surface area contributed by atoms with Crippen molar-refractivity contribution in [3.8, 4) is 0 Å². The first-order valence-electron chi connectivity index (χ1n) is 20.3. The lowest BCUT2D eigenvalue weighted by molar-refractivity contribution is -0.145. The Morgan fingerprint density at radius 2 is 1.32 bits per heavy atom. The summed E-state index contributed by atoms with van der Waals surface area (Å²) in [6, 6.07) is -6.90. The fraction of sp³-hybridized carbons (Fsp3) is 0.821. The molecule has 0 saturated carbocycles. The monoisotopic (exact) mass is 813 g/mol. The van der Waals surface area contributed by atoms with Gasteiger partial charge in [0, 0.05) is 6.54 Å². The number of unbranched alkanes of at least 4 members (excludes halogenated alkanes) is 1. The summed E-state index contributed by atoms with van der Waals surface area (Å²) in [5.74, 6) is -4.85. The van der Waals surface area contributed by atoms with Gasteiger partial charge in [-0.25, -0.2) is 4.79 Å². The molecule has 1 aliphatic rings. The zero-order chi connectivity index (χ0) is 42.7. The number of hydrogen-bond acceptors (Lipinski definition) is 10. The molecule has 9 atom stereocenters. The summed E-state index contributed by atoms with van der Waals surface area (Å²) in [4.78, 5) is 95.2. The molecule has 0 radical (unpaired) electrons. The van der Waals surface area contributed by atoms with E-state index in [4.69, 9.17) is 11.5 Å². The number of hydrogen-bond donors (Lipinski definition) is 8. The number of carbonyl (C=O) groups is 7. The molecule has 16 nitrogen and oxygen atoms in total. The molecule has 1 heterocycles. The standard InChI is InChI=1S/C39H72N8O8S/c1-10-24(7)31(45-33(48)26(41)15-12-13-18-40)37(52)42-27(17-20-56-9)34(49)44-30(23(5)6)38(53)47-19-14-16-29(47)36(51)43-28(21-22(3)4)35(50)46-32(39(54)55)25(8)11-2/h22-32H,10-21,40-41H2,1-9H3,(H,42,52)(H,43,51)(H,44,49)(H,45,48)(H,46,50)(H,54,55)/t24-,25-,26-,27-,28-,29-,30-,31-,32-/m0/s1. The summed E-state index contributed by atoms with van der Waals surface area (Å²) in [5.41, 5.74) is 11.7. The number of carbonyl (C=O) groups excluding carboxylic acids is 6. The number of aliphatic carboxylic acids is 1. The molecule has 322 valence electrons. The summed E-state index contributed by atoms with van der Waals surface area (Å²) >= 11 is 1.49. The minimum atomic E-state index is -1.16. The van der Waals surface area contributed by atoms with Crippen LogP contribution in [0.2, 0.25) is 0 Å². The van der Waals surface area contributed by atoms with Crippen molar-refractivity contribution in [1.29, 1.82) is 0 Å². The lowest BCUT2D eigenvalue weighted by atomic mass is 9.96. The van der Waals surface area contributed by atoms with E-state index in [1.165, 1.54) is 16.7 Å². The Hall–Kier alpha value is -3.44. The summed E-state index contributed by atoms with van der Waals surface area (Å²) in [5, 5.41) is 23.6. The highest BCUT2D eigenvalue weighted by atomic mass is 32.2. The van der Waals surface area contributed by atoms with Crippen molar-refractivity contribution in [3.63, 3.8) is 0 Å². The molecule has 0 spiro atoms. The van der Waals surface area contributed by atoms with E-state index in [1.807, 2.05) is 40.9 Å². The van der Waals surface area contributed by atoms with Crippen LogP contribution < -0.4 is 38.1 Å². The van der Waals surface area contributed by atoms with Crippen molar-refractivity contribution in [1.82, 2.24) is 31.5 Å². The maximum Gasteiger partial charge on any atom is 0.326 e. The predicted molar refractivity (Wildman–Crippen MR) is 219 cm³/mol. The van der Waals surface area contributed by atoms with E-state index in [-0.39, 0.29) is 37.1 Å². The second-order valence-corrected chi connectivity index (χ2v) is 16.9. The highest BCUT2D eigenvalue weighted by Crippen LogP contribution is 2.22. The topological polar surface area (TPSA) is 255 Å². The molecule has 0 aromatic heterocycles. The van der Waals surface area contributed by atoms with Gasteiger partial charge < -0.3 is 48.1 Å². The summed E-state index contributed by atoms with van der Waals surface area (Å²) < 4.78 is 0. The van der Waals surface area contributed by atoms with E-state index < -0.39 is 89.6 Å². The Labute approximate surface area is 338 Å². The Morgan fingerprint density at radius 3 is 1.86 bits per heavy atom. The van der Waals surface area contributed by atoms with Gasteiger partial charge in [0.25, 0.3) is 0 Å². The van der Waals surface area contributed by atoms with Crippen LogP contribution in [0.1, 0.15) is 113 Å². The zero-order valence-corrected chi connectivity index (χ0v) is 36.0. The molecule has 10 N–H and O–H groups in total. The van der Waals surface area contributed by atoms with Crippen LogP contribution in [-0.4, -0.2) is 119 Å². The molecule has 0 unspecified atom stereocenters. The maximum atomic E-state index is 14.2. The third-order valence-corrected chi connectivity index (χ3v) is 11.2. The largest absolute Gasteiger partial charge is 0.480 e. The number of carboxylic acid groups (broad SMARTS) is 1. The van der Waals surface area contributed by atoms with Gasteiger partial charge >= 0.3 is 5.97 Å². The van der Waals surface area contributed by atoms with Crippen molar-refractivity contribution >= 4 is 53.2 Å². The normalized spacial score (nSPS) is 18.5. The third kappa shape index (κ3) is 16.2. The van der Waals surface area contributed by atoms with Crippen molar-refractivity contribution in [3.05, 3.63) is 0 Å². The summed E-state index contributed by atoms with van der Waals surface area (Å²) in [7, 11) is 0. The fourth-order valence-electron chi connectivity index (χ4n) is 6.52. The van der Waals surface area contributed by atoms with Crippen molar-refractivity contribution in [2.45, 2.75) is 155 Å². The molecule has 0 aromatic carbocycles. The van der Waals surface area contributed by atoms with Crippen molar-refractivity contribution in [2.75, 3.05) is 25.1 Å². The van der Waals surface area contributed by atoms with Gasteiger partial charge in [-0.15, -0.1) is 0 Å². The van der Waals surface area contributed by atoms with Gasteiger partial charge in [0.05, 0.1) is 6.04 Å². The number of nitrogens with two attached hydrogens (primary N) is 2. The lowest BCUT2D eigenvalue weighted by Gasteiger charge is -2.33.